The molecule has 0 unspecified atom stereocenters. The average molecular weight is 242 g/mol. The van der Waals surface area contributed by atoms with Crippen LogP contribution in [-0.2, 0) is 9.05 Å². The van der Waals surface area contributed by atoms with Gasteiger partial charge in [-0.15, -0.1) is 0 Å². The minimum absolute atomic E-state index is 0.490. The van der Waals surface area contributed by atoms with E-state index in [4.69, 9.17) is 9.05 Å². The second-order valence-corrected chi connectivity index (χ2v) is 10.1. The third-order valence-corrected chi connectivity index (χ3v) is 7.40. The van der Waals surface area contributed by atoms with Crippen molar-refractivity contribution >= 4 is 17.9 Å². The summed E-state index contributed by atoms with van der Waals surface area (Å²) < 4.78 is 10.9. The molecule has 1 N–H and O–H groups in total. The first-order chi connectivity index (χ1) is 6.46. The Morgan fingerprint density at radius 3 is 2.00 bits per heavy atom. The Labute approximate surface area is 91.5 Å². The quantitative estimate of drug-likeness (QED) is 0.523. The molecule has 0 amide bonds. The van der Waals surface area contributed by atoms with Crippen molar-refractivity contribution in [2.24, 2.45) is 0 Å². The van der Waals surface area contributed by atoms with E-state index in [2.05, 4.69) is 6.92 Å². The van der Waals surface area contributed by atoms with Crippen LogP contribution in [0.5, 0.6) is 0 Å². The average Bonchev–Trinajstić information content (AvgIpc) is 2.04. The maximum absolute atomic E-state index is 10.4. The molecule has 0 aromatic heterocycles. The van der Waals surface area contributed by atoms with Crippen molar-refractivity contribution in [1.82, 2.24) is 0 Å². The van der Waals surface area contributed by atoms with E-state index in [0.717, 1.165) is 18.6 Å². The van der Waals surface area contributed by atoms with E-state index in [1.54, 1.807) is 6.66 Å². The summed E-state index contributed by atoms with van der Waals surface area (Å²) in [5.74, 6) is 0.890. The fourth-order valence-electron chi connectivity index (χ4n) is 1.11. The maximum atomic E-state index is 10.4. The van der Waals surface area contributed by atoms with Gasteiger partial charge in [-0.25, -0.2) is 0 Å². The molecular weight excluding hydrogens is 219 g/mol. The van der Waals surface area contributed by atoms with Crippen LogP contribution in [0.3, 0.4) is 0 Å². The van der Waals surface area contributed by atoms with E-state index in [-0.39, 0.29) is 0 Å². The topological polar surface area (TPSA) is 38.7 Å². The summed E-state index contributed by atoms with van der Waals surface area (Å²) in [6.45, 7) is 5.23. The van der Waals surface area contributed by atoms with Crippen LogP contribution in [-0.4, -0.2) is 30.5 Å². The Bertz CT molecular complexity index is 154. The number of hydrogen-bond acceptors (Lipinski definition) is 4. The summed E-state index contributed by atoms with van der Waals surface area (Å²) >= 11 is 1.44. The second kappa shape index (κ2) is 6.29. The molecular formula is C9H23O3PS. The summed E-state index contributed by atoms with van der Waals surface area (Å²) in [4.78, 5) is 10.4. The molecule has 0 aliphatic heterocycles. The molecule has 0 saturated heterocycles. The molecule has 0 aliphatic carbocycles. The third-order valence-electron chi connectivity index (χ3n) is 1.72. The molecule has 0 atom stereocenters. The van der Waals surface area contributed by atoms with E-state index in [9.17, 15) is 4.89 Å². The Morgan fingerprint density at radius 1 is 1.14 bits per heavy atom. The van der Waals surface area contributed by atoms with Gasteiger partial charge in [0.1, 0.15) is 0 Å². The predicted molar refractivity (Wildman–Crippen MR) is 65.7 cm³/mol. The molecule has 0 saturated carbocycles. The van der Waals surface area contributed by atoms with Crippen LogP contribution in [0.4, 0.5) is 0 Å². The number of hydrogen-bond donors (Lipinski definition) is 1. The van der Waals surface area contributed by atoms with Crippen LogP contribution in [0.15, 0.2) is 0 Å². The van der Waals surface area contributed by atoms with E-state index in [0.29, 0.717) is 13.2 Å². The Hall–Kier alpha value is 0.660. The second-order valence-electron chi connectivity index (χ2n) is 3.24. The van der Waals surface area contributed by atoms with Gasteiger partial charge >= 0.3 is 91.1 Å². The zero-order chi connectivity index (χ0) is 11.1. The first kappa shape index (κ1) is 14.7. The van der Waals surface area contributed by atoms with Gasteiger partial charge in [0.2, 0.25) is 0 Å². The molecule has 0 aromatic rings. The van der Waals surface area contributed by atoms with Crippen molar-refractivity contribution in [3.05, 3.63) is 0 Å². The normalized spacial score (nSPS) is 15.1. The van der Waals surface area contributed by atoms with Gasteiger partial charge in [0.05, 0.1) is 0 Å². The van der Waals surface area contributed by atoms with Crippen molar-refractivity contribution in [1.29, 1.82) is 0 Å². The minimum atomic E-state index is -3.34. The van der Waals surface area contributed by atoms with Crippen LogP contribution < -0.4 is 0 Å². The van der Waals surface area contributed by atoms with Crippen LogP contribution >= 0.6 is 17.9 Å². The fraction of sp³-hybridized carbons (Fsp3) is 1.00. The van der Waals surface area contributed by atoms with Gasteiger partial charge in [-0.3, -0.25) is 0 Å². The Morgan fingerprint density at radius 2 is 1.64 bits per heavy atom. The number of rotatable bonds is 8. The molecule has 0 fully saturated rings. The van der Waals surface area contributed by atoms with Crippen molar-refractivity contribution in [2.75, 3.05) is 25.6 Å². The van der Waals surface area contributed by atoms with Gasteiger partial charge in [0.25, 0.3) is 0 Å². The van der Waals surface area contributed by atoms with Gasteiger partial charge in [-0.2, -0.15) is 0 Å². The van der Waals surface area contributed by atoms with Gasteiger partial charge in [-0.1, -0.05) is 0 Å². The molecule has 5 heteroatoms. The summed E-state index contributed by atoms with van der Waals surface area (Å²) in [5, 5.41) is 0. The molecule has 0 aliphatic rings. The number of unbranched alkanes of at least 4 members (excludes halogenated alkanes) is 1. The van der Waals surface area contributed by atoms with E-state index >= 15 is 0 Å². The van der Waals surface area contributed by atoms with Crippen molar-refractivity contribution in [2.45, 2.75) is 33.6 Å². The summed E-state index contributed by atoms with van der Waals surface area (Å²) in [7, 11) is 0. The first-order valence-corrected chi connectivity index (χ1v) is 9.24. The molecule has 3 nitrogen and oxygen atoms in total. The first-order valence-electron chi connectivity index (χ1n) is 5.18. The van der Waals surface area contributed by atoms with Crippen molar-refractivity contribution in [3.8, 4) is 0 Å². The molecule has 0 radical (unpaired) electrons. The van der Waals surface area contributed by atoms with E-state index in [1.165, 1.54) is 11.4 Å². The van der Waals surface area contributed by atoms with Crippen molar-refractivity contribution < 1.29 is 13.9 Å². The standard InChI is InChI=1S/C9H23O3PS/c1-5-8-9-14-13(4,10,11-6-2)12-7-3/h10H,5-9H2,1-4H3. The Balaban J connectivity index is 4.21. The van der Waals surface area contributed by atoms with Gasteiger partial charge < -0.3 is 0 Å². The zero-order valence-electron chi connectivity index (χ0n) is 9.65. The molecule has 0 aromatic carbocycles. The third kappa shape index (κ3) is 5.52. The molecule has 0 heterocycles. The molecule has 14 heavy (non-hydrogen) atoms. The van der Waals surface area contributed by atoms with Crippen LogP contribution in [0.2, 0.25) is 0 Å². The summed E-state index contributed by atoms with van der Waals surface area (Å²) in [5.41, 5.74) is 0. The molecule has 88 valence electrons. The zero-order valence-corrected chi connectivity index (χ0v) is 11.4. The van der Waals surface area contributed by atoms with Gasteiger partial charge in [0.15, 0.2) is 0 Å². The molecule has 0 rings (SSSR count). The van der Waals surface area contributed by atoms with Crippen LogP contribution in [0.25, 0.3) is 0 Å². The predicted octanol–water partition coefficient (Wildman–Crippen LogP) is 3.43. The van der Waals surface area contributed by atoms with E-state index < -0.39 is 6.49 Å². The fourth-order valence-corrected chi connectivity index (χ4v) is 6.04. The molecule has 0 bridgehead atoms. The Kier molecular flexibility index (Phi) is 6.58. The van der Waals surface area contributed by atoms with Gasteiger partial charge in [0, 0.05) is 0 Å². The molecule has 0 spiro atoms. The van der Waals surface area contributed by atoms with Gasteiger partial charge in [-0.05, 0) is 0 Å². The van der Waals surface area contributed by atoms with Crippen LogP contribution in [0, 0.1) is 0 Å². The van der Waals surface area contributed by atoms with E-state index in [1.807, 2.05) is 13.8 Å². The summed E-state index contributed by atoms with van der Waals surface area (Å²) in [6, 6.07) is 0. The van der Waals surface area contributed by atoms with Crippen molar-refractivity contribution in [3.63, 3.8) is 0 Å². The van der Waals surface area contributed by atoms with Crippen LogP contribution in [0.1, 0.15) is 33.6 Å². The monoisotopic (exact) mass is 242 g/mol. The summed E-state index contributed by atoms with van der Waals surface area (Å²) in [6.07, 6.45) is 2.20. The SMILES string of the molecule is CCCCSP(C)(O)(OCC)OCC.